The number of fused-ring (bicyclic) bond motifs is 2. The first-order valence-corrected chi connectivity index (χ1v) is 11.8. The van der Waals surface area contributed by atoms with Gasteiger partial charge in [-0.05, 0) is 44.0 Å². The number of hydrogen-bond donors (Lipinski definition) is 2. The number of aromatic amines is 1. The van der Waals surface area contributed by atoms with Crippen LogP contribution < -0.4 is 5.32 Å². The molecule has 2 aromatic rings. The fourth-order valence-corrected chi connectivity index (χ4v) is 5.54. The average Bonchev–Trinajstić information content (AvgIpc) is 3.57. The van der Waals surface area contributed by atoms with Crippen LogP contribution in [-0.4, -0.2) is 80.4 Å². The Bertz CT molecular complexity index is 1280. The van der Waals surface area contributed by atoms with Crippen molar-refractivity contribution in [1.82, 2.24) is 25.1 Å². The zero-order valence-corrected chi connectivity index (χ0v) is 20.2. The lowest BCUT2D eigenvalue weighted by molar-refractivity contribution is -0.125. The normalized spacial score (nSPS) is 25.0. The van der Waals surface area contributed by atoms with Crippen LogP contribution in [0, 0.1) is 0 Å². The van der Waals surface area contributed by atoms with Gasteiger partial charge < -0.3 is 24.4 Å². The Hall–Kier alpha value is -3.63. The maximum atomic E-state index is 12.5. The molecule has 2 unspecified atom stereocenters. The molecule has 4 aliphatic rings. The van der Waals surface area contributed by atoms with E-state index in [1.807, 2.05) is 32.9 Å². The van der Waals surface area contributed by atoms with Crippen LogP contribution in [0.3, 0.4) is 0 Å². The minimum Gasteiger partial charge on any atom is -0.444 e. The monoisotopic (exact) mass is 480 g/mol. The van der Waals surface area contributed by atoms with Crippen LogP contribution in [0.2, 0.25) is 0 Å². The molecule has 184 valence electrons. The number of imidazole rings is 1. The lowest BCUT2D eigenvalue weighted by atomic mass is 9.95. The Balaban J connectivity index is 1.19. The van der Waals surface area contributed by atoms with Gasteiger partial charge in [0.15, 0.2) is 11.4 Å². The van der Waals surface area contributed by atoms with E-state index in [1.165, 1.54) is 4.90 Å². The number of amides is 4. The molecule has 2 N–H and O–H groups in total. The fourth-order valence-electron chi connectivity index (χ4n) is 5.54. The summed E-state index contributed by atoms with van der Waals surface area (Å²) in [6.07, 6.45) is 1.80. The molecule has 2 spiro atoms. The van der Waals surface area contributed by atoms with Crippen molar-refractivity contribution in [3.05, 3.63) is 29.1 Å². The molecule has 2 fully saturated rings. The standard InChI is InChI=1S/C24H28N6O5/c1-22(2,3)34-21(33)30-6-5-23(12-30)11-17(28-35-23)18-25-15-7-13-9-24(10-14(13)8-16(15)26-18)19(31)27-20(32)29(24)4/h7-8H,5-6,9-12H2,1-4H3,(H,25,26)(H,27,31,32). The Morgan fingerprint density at radius 1 is 1.17 bits per heavy atom. The van der Waals surface area contributed by atoms with Gasteiger partial charge in [-0.25, -0.2) is 14.6 Å². The van der Waals surface area contributed by atoms with Crippen molar-refractivity contribution in [3.63, 3.8) is 0 Å². The number of benzene rings is 1. The summed E-state index contributed by atoms with van der Waals surface area (Å²) >= 11 is 0. The largest absolute Gasteiger partial charge is 0.444 e. The summed E-state index contributed by atoms with van der Waals surface area (Å²) in [5.41, 5.74) is 2.38. The number of carbonyl (C=O) groups excluding carboxylic acids is 3. The number of hydrogen-bond acceptors (Lipinski definition) is 7. The van der Waals surface area contributed by atoms with Crippen LogP contribution in [0.15, 0.2) is 17.3 Å². The number of nitrogens with one attached hydrogen (secondary N) is 2. The lowest BCUT2D eigenvalue weighted by Crippen LogP contribution is -2.48. The minimum absolute atomic E-state index is 0.252. The van der Waals surface area contributed by atoms with Crippen molar-refractivity contribution >= 4 is 34.8 Å². The van der Waals surface area contributed by atoms with Crippen molar-refractivity contribution in [3.8, 4) is 0 Å². The summed E-state index contributed by atoms with van der Waals surface area (Å²) in [5.74, 6) is 0.384. The molecular weight excluding hydrogens is 452 g/mol. The van der Waals surface area contributed by atoms with E-state index in [-0.39, 0.29) is 18.0 Å². The number of urea groups is 1. The Morgan fingerprint density at radius 3 is 2.60 bits per heavy atom. The molecule has 35 heavy (non-hydrogen) atoms. The van der Waals surface area contributed by atoms with Crippen molar-refractivity contribution in [2.45, 2.75) is 63.2 Å². The number of rotatable bonds is 1. The third-order valence-electron chi connectivity index (χ3n) is 7.44. The summed E-state index contributed by atoms with van der Waals surface area (Å²) in [6, 6.07) is 3.63. The molecule has 1 aromatic heterocycles. The Morgan fingerprint density at radius 2 is 1.91 bits per heavy atom. The van der Waals surface area contributed by atoms with Crippen LogP contribution in [0.5, 0.6) is 0 Å². The van der Waals surface area contributed by atoms with Gasteiger partial charge in [-0.3, -0.25) is 10.1 Å². The number of nitrogens with zero attached hydrogens (tertiary/aromatic N) is 4. The second-order valence-electron chi connectivity index (χ2n) is 11.1. The summed E-state index contributed by atoms with van der Waals surface area (Å²) < 4.78 is 5.50. The summed E-state index contributed by atoms with van der Waals surface area (Å²) in [5, 5.41) is 6.74. The summed E-state index contributed by atoms with van der Waals surface area (Å²) in [7, 11) is 1.66. The lowest BCUT2D eigenvalue weighted by Gasteiger charge is -2.27. The Kier molecular flexibility index (Phi) is 4.35. The predicted molar refractivity (Wildman–Crippen MR) is 125 cm³/mol. The molecule has 4 heterocycles. The highest BCUT2D eigenvalue weighted by atomic mass is 16.7. The highest BCUT2D eigenvalue weighted by Crippen LogP contribution is 2.39. The van der Waals surface area contributed by atoms with Crippen molar-refractivity contribution in [1.29, 1.82) is 0 Å². The molecule has 0 bridgehead atoms. The fraction of sp³-hybridized carbons (Fsp3) is 0.542. The van der Waals surface area contributed by atoms with Crippen molar-refractivity contribution in [2.75, 3.05) is 20.1 Å². The number of likely N-dealkylation sites (N-methyl/N-ethyl adjacent to an activating group) is 1. The first kappa shape index (κ1) is 21.9. The molecule has 11 nitrogen and oxygen atoms in total. The molecular formula is C24H28N6O5. The molecule has 1 aliphatic carbocycles. The van der Waals surface area contributed by atoms with Gasteiger partial charge in [-0.2, -0.15) is 0 Å². The van der Waals surface area contributed by atoms with Crippen molar-refractivity contribution in [2.24, 2.45) is 5.16 Å². The second kappa shape index (κ2) is 6.96. The molecule has 3 aliphatic heterocycles. The van der Waals surface area contributed by atoms with Crippen LogP contribution in [-0.2, 0) is 27.2 Å². The van der Waals surface area contributed by atoms with Gasteiger partial charge in [-0.15, -0.1) is 0 Å². The third kappa shape index (κ3) is 3.35. The zero-order chi connectivity index (χ0) is 24.8. The van der Waals surface area contributed by atoms with Gasteiger partial charge in [0.05, 0.1) is 17.6 Å². The quantitative estimate of drug-likeness (QED) is 0.602. The third-order valence-corrected chi connectivity index (χ3v) is 7.44. The minimum atomic E-state index is -0.862. The van der Waals surface area contributed by atoms with Crippen LogP contribution in [0.4, 0.5) is 9.59 Å². The molecule has 0 saturated carbocycles. The molecule has 6 rings (SSSR count). The van der Waals surface area contributed by atoms with Crippen LogP contribution >= 0.6 is 0 Å². The number of carbonyl (C=O) groups is 3. The maximum absolute atomic E-state index is 12.5. The van der Waals surface area contributed by atoms with Crippen LogP contribution in [0.1, 0.15) is 50.6 Å². The van der Waals surface area contributed by atoms with E-state index in [2.05, 4.69) is 15.5 Å². The molecule has 0 radical (unpaired) electrons. The van der Waals surface area contributed by atoms with Gasteiger partial charge in [0.2, 0.25) is 0 Å². The number of H-pyrrole nitrogens is 1. The first-order chi connectivity index (χ1) is 16.5. The van der Waals surface area contributed by atoms with Gasteiger partial charge >= 0.3 is 12.1 Å². The average molecular weight is 481 g/mol. The van der Waals surface area contributed by atoms with E-state index < -0.39 is 16.7 Å². The number of likely N-dealkylation sites (tertiary alicyclic amines) is 1. The molecule has 11 heteroatoms. The summed E-state index contributed by atoms with van der Waals surface area (Å²) in [6.45, 7) is 6.52. The van der Waals surface area contributed by atoms with Gasteiger partial charge in [0, 0.05) is 39.3 Å². The Labute approximate surface area is 201 Å². The second-order valence-corrected chi connectivity index (χ2v) is 11.1. The van der Waals surface area contributed by atoms with Crippen LogP contribution in [0.25, 0.3) is 11.0 Å². The maximum Gasteiger partial charge on any atom is 0.410 e. The van der Waals surface area contributed by atoms with Gasteiger partial charge in [0.25, 0.3) is 5.91 Å². The number of oxime groups is 1. The van der Waals surface area contributed by atoms with E-state index in [4.69, 9.17) is 14.6 Å². The molecule has 4 amide bonds. The van der Waals surface area contributed by atoms with E-state index in [1.54, 1.807) is 11.9 Å². The molecule has 2 atom stereocenters. The van der Waals surface area contributed by atoms with E-state index in [0.29, 0.717) is 50.3 Å². The van der Waals surface area contributed by atoms with E-state index in [0.717, 1.165) is 22.2 Å². The number of aromatic nitrogens is 2. The van der Waals surface area contributed by atoms with Crippen molar-refractivity contribution < 1.29 is 24.0 Å². The van der Waals surface area contributed by atoms with Gasteiger partial charge in [-0.1, -0.05) is 5.16 Å². The highest BCUT2D eigenvalue weighted by Gasteiger charge is 2.54. The predicted octanol–water partition coefficient (Wildman–Crippen LogP) is 2.09. The van der Waals surface area contributed by atoms with Gasteiger partial charge in [0.1, 0.15) is 16.9 Å². The number of imide groups is 1. The first-order valence-electron chi connectivity index (χ1n) is 11.8. The zero-order valence-electron chi connectivity index (χ0n) is 20.2. The van der Waals surface area contributed by atoms with E-state index >= 15 is 0 Å². The topological polar surface area (TPSA) is 129 Å². The molecule has 2 saturated heterocycles. The van der Waals surface area contributed by atoms with E-state index in [9.17, 15) is 14.4 Å². The SMILES string of the molecule is CN1C(=O)NC(=O)C12Cc1cc3nc(C4=NOC5(CCN(C(=O)OC(C)(C)C)C5)C4)[nH]c3cc1C2. The number of ether oxygens (including phenoxy) is 1. The summed E-state index contributed by atoms with van der Waals surface area (Å²) in [4.78, 5) is 54.1. The molecule has 1 aromatic carbocycles. The highest BCUT2D eigenvalue weighted by molar-refractivity contribution is 6.08. The smallest absolute Gasteiger partial charge is 0.410 e.